The monoisotopic (exact) mass is 407 g/mol. The van der Waals surface area contributed by atoms with Crippen LogP contribution in [0.25, 0.3) is 0 Å². The lowest BCUT2D eigenvalue weighted by Gasteiger charge is -2.12. The highest BCUT2D eigenvalue weighted by molar-refractivity contribution is 7.92. The molecule has 0 spiro atoms. The van der Waals surface area contributed by atoms with Gasteiger partial charge in [0.1, 0.15) is 24.7 Å². The summed E-state index contributed by atoms with van der Waals surface area (Å²) >= 11 is 0. The van der Waals surface area contributed by atoms with Crippen LogP contribution in [0.4, 0.5) is 5.69 Å². The van der Waals surface area contributed by atoms with Crippen molar-refractivity contribution in [2.24, 2.45) is 0 Å². The van der Waals surface area contributed by atoms with Gasteiger partial charge in [-0.3, -0.25) is 9.52 Å². The highest BCUT2D eigenvalue weighted by atomic mass is 32.2. The van der Waals surface area contributed by atoms with E-state index in [4.69, 9.17) is 14.6 Å². The number of sulfonamides is 1. The summed E-state index contributed by atoms with van der Waals surface area (Å²) in [4.78, 5) is 10.9. The Kier molecular flexibility index (Phi) is 8.13. The van der Waals surface area contributed by atoms with Gasteiger partial charge < -0.3 is 14.6 Å². The fourth-order valence-corrected chi connectivity index (χ4v) is 3.71. The van der Waals surface area contributed by atoms with Gasteiger partial charge in [-0.05, 0) is 36.8 Å². The minimum atomic E-state index is -3.33. The Morgan fingerprint density at radius 1 is 1.04 bits per heavy atom. The van der Waals surface area contributed by atoms with Gasteiger partial charge in [-0.2, -0.15) is 0 Å². The van der Waals surface area contributed by atoms with E-state index in [0.717, 1.165) is 6.42 Å². The third kappa shape index (κ3) is 7.48. The highest BCUT2D eigenvalue weighted by Crippen LogP contribution is 2.19. The SMILES string of the molecule is CCCCS(=O)(=O)Nc1ccc(OCCOc2ccccc2CC(=O)O)cc1. The van der Waals surface area contributed by atoms with Crippen LogP contribution in [-0.4, -0.2) is 38.5 Å². The van der Waals surface area contributed by atoms with Crippen LogP contribution in [0, 0.1) is 0 Å². The van der Waals surface area contributed by atoms with Crippen LogP contribution in [-0.2, 0) is 21.2 Å². The molecule has 0 heterocycles. The molecule has 8 heteroatoms. The average molecular weight is 407 g/mol. The zero-order chi connectivity index (χ0) is 20.4. The van der Waals surface area contributed by atoms with Gasteiger partial charge >= 0.3 is 5.97 Å². The van der Waals surface area contributed by atoms with Crippen LogP contribution in [0.1, 0.15) is 25.3 Å². The molecule has 0 fully saturated rings. The molecule has 152 valence electrons. The number of rotatable bonds is 12. The van der Waals surface area contributed by atoms with Gasteiger partial charge in [-0.1, -0.05) is 31.5 Å². The maximum atomic E-state index is 11.9. The van der Waals surface area contributed by atoms with E-state index in [1.807, 2.05) is 6.92 Å². The van der Waals surface area contributed by atoms with Crippen LogP contribution in [0.3, 0.4) is 0 Å². The van der Waals surface area contributed by atoms with Gasteiger partial charge in [0.25, 0.3) is 0 Å². The second-order valence-corrected chi connectivity index (χ2v) is 8.02. The van der Waals surface area contributed by atoms with Gasteiger partial charge in [-0.25, -0.2) is 8.42 Å². The molecule has 0 saturated carbocycles. The molecule has 0 amide bonds. The van der Waals surface area contributed by atoms with E-state index in [1.165, 1.54) is 0 Å². The van der Waals surface area contributed by atoms with Crippen LogP contribution in [0.15, 0.2) is 48.5 Å². The quantitative estimate of drug-likeness (QED) is 0.524. The number of aliphatic carboxylic acids is 1. The predicted molar refractivity (Wildman–Crippen MR) is 108 cm³/mol. The Hall–Kier alpha value is -2.74. The van der Waals surface area contributed by atoms with E-state index >= 15 is 0 Å². The summed E-state index contributed by atoms with van der Waals surface area (Å²) in [5.41, 5.74) is 1.09. The van der Waals surface area contributed by atoms with E-state index in [-0.39, 0.29) is 25.4 Å². The molecule has 7 nitrogen and oxygen atoms in total. The summed E-state index contributed by atoms with van der Waals surface area (Å²) in [6, 6.07) is 13.6. The number of carboxylic acid groups (broad SMARTS) is 1. The largest absolute Gasteiger partial charge is 0.490 e. The molecule has 0 saturated heterocycles. The number of para-hydroxylation sites is 1. The first-order chi connectivity index (χ1) is 13.4. The van der Waals surface area contributed by atoms with Crippen molar-refractivity contribution in [3.63, 3.8) is 0 Å². The molecule has 0 aliphatic rings. The number of benzene rings is 2. The lowest BCUT2D eigenvalue weighted by molar-refractivity contribution is -0.136. The van der Waals surface area contributed by atoms with E-state index in [9.17, 15) is 13.2 Å². The van der Waals surface area contributed by atoms with E-state index < -0.39 is 16.0 Å². The molecule has 0 aliphatic heterocycles. The summed E-state index contributed by atoms with van der Waals surface area (Å²) in [6.07, 6.45) is 1.33. The maximum absolute atomic E-state index is 11.9. The molecule has 0 atom stereocenters. The second-order valence-electron chi connectivity index (χ2n) is 6.17. The molecule has 2 rings (SSSR count). The molecule has 28 heavy (non-hydrogen) atoms. The smallest absolute Gasteiger partial charge is 0.307 e. The molecule has 0 aromatic heterocycles. The summed E-state index contributed by atoms with van der Waals surface area (Å²) in [5.74, 6) is 0.282. The molecular weight excluding hydrogens is 382 g/mol. The van der Waals surface area contributed by atoms with Crippen molar-refractivity contribution >= 4 is 21.7 Å². The Bertz CT molecular complexity index is 865. The summed E-state index contributed by atoms with van der Waals surface area (Å²) < 4.78 is 37.5. The lowest BCUT2D eigenvalue weighted by Crippen LogP contribution is -2.16. The minimum Gasteiger partial charge on any atom is -0.490 e. The number of hydrogen-bond acceptors (Lipinski definition) is 5. The molecule has 2 aromatic rings. The average Bonchev–Trinajstić information content (AvgIpc) is 2.65. The van der Waals surface area contributed by atoms with Crippen molar-refractivity contribution in [1.29, 1.82) is 0 Å². The first-order valence-corrected chi connectivity index (χ1v) is 10.7. The molecule has 2 N–H and O–H groups in total. The standard InChI is InChI=1S/C20H25NO6S/c1-2-3-14-28(24,25)21-17-8-10-18(11-9-17)26-12-13-27-19-7-5-4-6-16(19)15-20(22)23/h4-11,21H,2-3,12-15H2,1H3,(H,22,23). The number of unbranched alkanes of at least 4 members (excludes halogenated alkanes) is 1. The third-order valence-corrected chi connectivity index (χ3v) is 5.19. The summed E-state index contributed by atoms with van der Waals surface area (Å²) in [6.45, 7) is 2.46. The number of carbonyl (C=O) groups is 1. The molecule has 0 aliphatic carbocycles. The number of hydrogen-bond donors (Lipinski definition) is 2. The van der Waals surface area contributed by atoms with Crippen molar-refractivity contribution in [3.8, 4) is 11.5 Å². The minimum absolute atomic E-state index is 0.0996. The van der Waals surface area contributed by atoms with Gasteiger partial charge in [0.2, 0.25) is 10.0 Å². The van der Waals surface area contributed by atoms with E-state index in [0.29, 0.717) is 29.2 Å². The van der Waals surface area contributed by atoms with E-state index in [1.54, 1.807) is 48.5 Å². The van der Waals surface area contributed by atoms with Crippen molar-refractivity contribution in [2.75, 3.05) is 23.7 Å². The molecule has 0 bridgehead atoms. The van der Waals surface area contributed by atoms with Crippen molar-refractivity contribution in [2.45, 2.75) is 26.2 Å². The van der Waals surface area contributed by atoms with Crippen molar-refractivity contribution in [3.05, 3.63) is 54.1 Å². The third-order valence-electron chi connectivity index (χ3n) is 3.82. The molecular formula is C20H25NO6S. The van der Waals surface area contributed by atoms with Crippen LogP contribution < -0.4 is 14.2 Å². The number of nitrogens with one attached hydrogen (secondary N) is 1. The topological polar surface area (TPSA) is 102 Å². The first-order valence-electron chi connectivity index (χ1n) is 9.05. The number of carboxylic acids is 1. The summed E-state index contributed by atoms with van der Waals surface area (Å²) in [5, 5.41) is 8.92. The Balaban J connectivity index is 1.81. The highest BCUT2D eigenvalue weighted by Gasteiger charge is 2.10. The first kappa shape index (κ1) is 21.6. The Morgan fingerprint density at radius 2 is 1.71 bits per heavy atom. The van der Waals surface area contributed by atoms with Gasteiger partial charge in [0.05, 0.1) is 12.2 Å². The lowest BCUT2D eigenvalue weighted by atomic mass is 10.1. The molecule has 2 aromatic carbocycles. The van der Waals surface area contributed by atoms with E-state index in [2.05, 4.69) is 4.72 Å². The van der Waals surface area contributed by atoms with Gasteiger partial charge in [0, 0.05) is 11.3 Å². The van der Waals surface area contributed by atoms with Crippen LogP contribution in [0.5, 0.6) is 11.5 Å². The Morgan fingerprint density at radius 3 is 2.39 bits per heavy atom. The number of ether oxygens (including phenoxy) is 2. The molecule has 0 radical (unpaired) electrons. The van der Waals surface area contributed by atoms with Crippen LogP contribution in [0.2, 0.25) is 0 Å². The van der Waals surface area contributed by atoms with Gasteiger partial charge in [0.15, 0.2) is 0 Å². The zero-order valence-electron chi connectivity index (χ0n) is 15.8. The number of anilines is 1. The molecule has 0 unspecified atom stereocenters. The fraction of sp³-hybridized carbons (Fsp3) is 0.350. The fourth-order valence-electron chi connectivity index (χ4n) is 2.45. The van der Waals surface area contributed by atoms with Gasteiger partial charge in [-0.15, -0.1) is 0 Å². The second kappa shape index (κ2) is 10.6. The maximum Gasteiger partial charge on any atom is 0.307 e. The van der Waals surface area contributed by atoms with Crippen LogP contribution >= 0.6 is 0 Å². The zero-order valence-corrected chi connectivity index (χ0v) is 16.6. The normalized spacial score (nSPS) is 11.0. The van der Waals surface area contributed by atoms with Crippen molar-refractivity contribution < 1.29 is 27.8 Å². The predicted octanol–water partition coefficient (Wildman–Crippen LogP) is 3.31. The van der Waals surface area contributed by atoms with Crippen molar-refractivity contribution in [1.82, 2.24) is 0 Å². The Labute approximate surface area is 165 Å². The summed E-state index contributed by atoms with van der Waals surface area (Å²) in [7, 11) is -3.33.